The first kappa shape index (κ1) is 14.8. The lowest BCUT2D eigenvalue weighted by atomic mass is 9.91. The van der Waals surface area contributed by atoms with E-state index in [4.69, 9.17) is 14.6 Å². The van der Waals surface area contributed by atoms with Gasteiger partial charge in [0.05, 0.1) is 6.10 Å². The second kappa shape index (κ2) is 7.22. The van der Waals surface area contributed by atoms with Gasteiger partial charge >= 0.3 is 5.97 Å². The quantitative estimate of drug-likeness (QED) is 0.771. The van der Waals surface area contributed by atoms with Crippen LogP contribution in [-0.4, -0.2) is 41.8 Å². The van der Waals surface area contributed by atoms with Crippen molar-refractivity contribution in [3.05, 3.63) is 0 Å². The maximum atomic E-state index is 10.6. The summed E-state index contributed by atoms with van der Waals surface area (Å²) in [6.45, 7) is 0.825. The third-order valence-electron chi connectivity index (χ3n) is 4.31. The number of aliphatic hydroxyl groups excluding tert-OH is 1. The molecule has 4 atom stereocenters. The van der Waals surface area contributed by atoms with Crippen molar-refractivity contribution in [1.82, 2.24) is 0 Å². The first-order valence-corrected chi connectivity index (χ1v) is 7.30. The Morgan fingerprint density at radius 3 is 2.74 bits per heavy atom. The van der Waals surface area contributed by atoms with E-state index in [1.54, 1.807) is 0 Å². The van der Waals surface area contributed by atoms with E-state index in [0.717, 1.165) is 38.7 Å². The predicted molar refractivity (Wildman–Crippen MR) is 68.6 cm³/mol. The molecule has 0 amide bonds. The van der Waals surface area contributed by atoms with Gasteiger partial charge in [-0.1, -0.05) is 0 Å². The van der Waals surface area contributed by atoms with Crippen LogP contribution in [0.3, 0.4) is 0 Å². The van der Waals surface area contributed by atoms with E-state index >= 15 is 0 Å². The Kier molecular flexibility index (Phi) is 5.60. The molecule has 0 spiro atoms. The van der Waals surface area contributed by atoms with Crippen molar-refractivity contribution in [3.8, 4) is 0 Å². The van der Waals surface area contributed by atoms with Crippen molar-refractivity contribution in [2.24, 2.45) is 11.8 Å². The van der Waals surface area contributed by atoms with Gasteiger partial charge in [-0.25, -0.2) is 0 Å². The van der Waals surface area contributed by atoms with Crippen LogP contribution in [0.5, 0.6) is 0 Å². The molecular weight excluding hydrogens is 248 g/mol. The van der Waals surface area contributed by atoms with Crippen molar-refractivity contribution in [2.75, 3.05) is 13.2 Å². The van der Waals surface area contributed by atoms with Crippen molar-refractivity contribution in [3.63, 3.8) is 0 Å². The third kappa shape index (κ3) is 4.16. The van der Waals surface area contributed by atoms with Crippen molar-refractivity contribution in [2.45, 2.75) is 57.3 Å². The average Bonchev–Trinajstić information content (AvgIpc) is 2.79. The molecule has 3 unspecified atom stereocenters. The average molecular weight is 272 g/mol. The second-order valence-corrected chi connectivity index (χ2v) is 5.59. The van der Waals surface area contributed by atoms with Gasteiger partial charge in [0.1, 0.15) is 0 Å². The van der Waals surface area contributed by atoms with Gasteiger partial charge in [0.25, 0.3) is 0 Å². The highest BCUT2D eigenvalue weighted by atomic mass is 16.7. The Bertz CT molecular complexity index is 288. The van der Waals surface area contributed by atoms with E-state index in [1.807, 2.05) is 0 Å². The molecule has 0 aromatic carbocycles. The van der Waals surface area contributed by atoms with Crippen molar-refractivity contribution < 1.29 is 24.5 Å². The molecule has 1 heterocycles. The van der Waals surface area contributed by atoms with Crippen LogP contribution in [-0.2, 0) is 14.3 Å². The van der Waals surface area contributed by atoms with Gasteiger partial charge in [-0.3, -0.25) is 4.79 Å². The largest absolute Gasteiger partial charge is 0.481 e. The molecule has 110 valence electrons. The first-order chi connectivity index (χ1) is 9.20. The Hall–Kier alpha value is -0.650. The number of carboxylic acid groups (broad SMARTS) is 1. The lowest BCUT2D eigenvalue weighted by molar-refractivity contribution is -0.198. The summed E-state index contributed by atoms with van der Waals surface area (Å²) in [6.07, 6.45) is 5.68. The molecule has 1 aliphatic carbocycles. The molecule has 0 aromatic rings. The topological polar surface area (TPSA) is 76.0 Å². The minimum absolute atomic E-state index is 0.0203. The molecule has 2 fully saturated rings. The lowest BCUT2D eigenvalue weighted by Crippen LogP contribution is -2.33. The van der Waals surface area contributed by atoms with E-state index in [2.05, 4.69) is 0 Å². The molecule has 5 nitrogen and oxygen atoms in total. The zero-order valence-corrected chi connectivity index (χ0v) is 11.3. The second-order valence-electron chi connectivity index (χ2n) is 5.59. The molecule has 2 N–H and O–H groups in total. The van der Waals surface area contributed by atoms with E-state index < -0.39 is 5.97 Å². The number of aliphatic hydroxyl groups is 1. The normalized spacial score (nSPS) is 35.4. The number of rotatable bonds is 6. The highest BCUT2D eigenvalue weighted by Crippen LogP contribution is 2.38. The highest BCUT2D eigenvalue weighted by Gasteiger charge is 2.37. The molecule has 0 bridgehead atoms. The Labute approximate surface area is 113 Å². The molecule has 1 saturated heterocycles. The van der Waals surface area contributed by atoms with Gasteiger partial charge in [-0.05, 0) is 44.4 Å². The fourth-order valence-corrected chi connectivity index (χ4v) is 3.23. The van der Waals surface area contributed by atoms with Gasteiger partial charge in [0, 0.05) is 25.6 Å². The van der Waals surface area contributed by atoms with E-state index in [9.17, 15) is 9.90 Å². The summed E-state index contributed by atoms with van der Waals surface area (Å²) in [5.74, 6) is -0.448. The van der Waals surface area contributed by atoms with Gasteiger partial charge in [-0.2, -0.15) is 0 Å². The van der Waals surface area contributed by atoms with Gasteiger partial charge < -0.3 is 19.7 Å². The van der Waals surface area contributed by atoms with E-state index in [1.165, 1.54) is 0 Å². The van der Waals surface area contributed by atoms with Crippen LogP contribution in [0.4, 0.5) is 0 Å². The van der Waals surface area contributed by atoms with Crippen LogP contribution < -0.4 is 0 Å². The van der Waals surface area contributed by atoms with Crippen LogP contribution in [0.2, 0.25) is 0 Å². The van der Waals surface area contributed by atoms with Gasteiger partial charge in [0.2, 0.25) is 0 Å². The number of aliphatic carboxylic acids is 1. The van der Waals surface area contributed by atoms with Gasteiger partial charge in [-0.15, -0.1) is 0 Å². The number of carboxylic acids is 1. The Balaban J connectivity index is 1.82. The molecule has 1 aliphatic heterocycles. The summed E-state index contributed by atoms with van der Waals surface area (Å²) in [4.78, 5) is 10.6. The maximum Gasteiger partial charge on any atom is 0.303 e. The van der Waals surface area contributed by atoms with Crippen molar-refractivity contribution >= 4 is 5.97 Å². The Morgan fingerprint density at radius 2 is 2.11 bits per heavy atom. The molecule has 2 aliphatic rings. The SMILES string of the molecule is O=C(O)CCC1CCC(OC2CCCCO2)[C@@H]1CO. The monoisotopic (exact) mass is 272 g/mol. The summed E-state index contributed by atoms with van der Waals surface area (Å²) in [5.41, 5.74) is 0. The maximum absolute atomic E-state index is 10.6. The number of ether oxygens (including phenoxy) is 2. The molecule has 1 saturated carbocycles. The fourth-order valence-electron chi connectivity index (χ4n) is 3.23. The van der Waals surface area contributed by atoms with Crippen molar-refractivity contribution in [1.29, 1.82) is 0 Å². The predicted octanol–water partition coefficient (Wildman–Crippen LogP) is 1.78. The Morgan fingerprint density at radius 1 is 1.26 bits per heavy atom. The highest BCUT2D eigenvalue weighted by molar-refractivity contribution is 5.66. The third-order valence-corrected chi connectivity index (χ3v) is 4.31. The first-order valence-electron chi connectivity index (χ1n) is 7.30. The van der Waals surface area contributed by atoms with Crippen LogP contribution >= 0.6 is 0 Å². The lowest BCUT2D eigenvalue weighted by Gasteiger charge is -2.29. The number of hydrogen-bond acceptors (Lipinski definition) is 4. The molecular formula is C14H24O5. The summed E-state index contributed by atoms with van der Waals surface area (Å²) in [5, 5.41) is 18.3. The number of carbonyl (C=O) groups is 1. The number of hydrogen-bond donors (Lipinski definition) is 2. The van der Waals surface area contributed by atoms with Crippen LogP contribution in [0.25, 0.3) is 0 Å². The standard InChI is InChI=1S/C14H24O5/c15-9-11-10(5-7-13(16)17)4-6-12(11)19-14-3-1-2-8-18-14/h10-12,14-15H,1-9H2,(H,16,17)/t10?,11-,12?,14?/m1/s1. The zero-order chi connectivity index (χ0) is 13.7. The zero-order valence-electron chi connectivity index (χ0n) is 11.3. The molecule has 0 aromatic heterocycles. The van der Waals surface area contributed by atoms with E-state index in [-0.39, 0.29) is 37.3 Å². The van der Waals surface area contributed by atoms with Crippen LogP contribution in [0, 0.1) is 11.8 Å². The molecule has 0 radical (unpaired) electrons. The molecule has 2 rings (SSSR count). The van der Waals surface area contributed by atoms with Crippen LogP contribution in [0.15, 0.2) is 0 Å². The minimum atomic E-state index is -0.767. The van der Waals surface area contributed by atoms with Crippen LogP contribution in [0.1, 0.15) is 44.9 Å². The van der Waals surface area contributed by atoms with E-state index in [0.29, 0.717) is 6.42 Å². The summed E-state index contributed by atoms with van der Waals surface area (Å²) in [6, 6.07) is 0. The fraction of sp³-hybridized carbons (Fsp3) is 0.929. The molecule has 19 heavy (non-hydrogen) atoms. The smallest absolute Gasteiger partial charge is 0.303 e. The summed E-state index contributed by atoms with van der Waals surface area (Å²) < 4.78 is 11.5. The summed E-state index contributed by atoms with van der Waals surface area (Å²) in [7, 11) is 0. The molecule has 5 heteroatoms. The summed E-state index contributed by atoms with van der Waals surface area (Å²) >= 11 is 0. The minimum Gasteiger partial charge on any atom is -0.481 e. The van der Waals surface area contributed by atoms with Gasteiger partial charge in [0.15, 0.2) is 6.29 Å².